The number of hydrogen-bond donors (Lipinski definition) is 4. The minimum atomic E-state index is -1.91. The first-order valence-corrected chi connectivity index (χ1v) is 10.5. The third-order valence-corrected chi connectivity index (χ3v) is 5.17. The fourth-order valence-electron chi connectivity index (χ4n) is 3.35. The fourth-order valence-corrected chi connectivity index (χ4v) is 3.35. The highest BCUT2D eigenvalue weighted by Gasteiger charge is 2.56. The topological polar surface area (TPSA) is 175 Å². The van der Waals surface area contributed by atoms with Crippen molar-refractivity contribution in [2.45, 2.75) is 70.6 Å². The van der Waals surface area contributed by atoms with Gasteiger partial charge in [-0.15, -0.1) is 0 Å². The highest BCUT2D eigenvalue weighted by Crippen LogP contribution is 2.39. The Kier molecular flexibility index (Phi) is 8.58. The van der Waals surface area contributed by atoms with Crippen LogP contribution in [0.4, 0.5) is 10.6 Å². The molecule has 1 aliphatic heterocycles. The Morgan fingerprint density at radius 1 is 1.44 bits per heavy atom. The van der Waals surface area contributed by atoms with E-state index in [4.69, 9.17) is 19.9 Å². The van der Waals surface area contributed by atoms with E-state index in [1.54, 1.807) is 13.8 Å². The van der Waals surface area contributed by atoms with Crippen LogP contribution in [0.3, 0.4) is 0 Å². The van der Waals surface area contributed by atoms with Crippen molar-refractivity contribution < 1.29 is 34.0 Å². The van der Waals surface area contributed by atoms with E-state index in [1.165, 1.54) is 19.2 Å². The van der Waals surface area contributed by atoms with Crippen molar-refractivity contribution in [3.8, 4) is 0 Å². The van der Waals surface area contributed by atoms with Crippen LogP contribution < -0.4 is 16.7 Å². The van der Waals surface area contributed by atoms with E-state index >= 15 is 0 Å². The lowest BCUT2D eigenvalue weighted by atomic mass is 9.95. The summed E-state index contributed by atoms with van der Waals surface area (Å²) in [6.45, 7) is 6.28. The summed E-state index contributed by atoms with van der Waals surface area (Å²) in [7, 11) is 0. The van der Waals surface area contributed by atoms with Crippen LogP contribution in [0.2, 0.25) is 0 Å². The first-order chi connectivity index (χ1) is 15.0. The van der Waals surface area contributed by atoms with E-state index in [-0.39, 0.29) is 18.3 Å². The normalized spacial score (nSPS) is 26.0. The number of esters is 1. The Labute approximate surface area is 185 Å². The molecule has 1 saturated heterocycles. The zero-order chi connectivity index (χ0) is 24.1. The molecular weight excluding hydrogens is 424 g/mol. The molecule has 5 atom stereocenters. The monoisotopic (exact) mass is 456 g/mol. The number of nitrogen functional groups attached to an aromatic ring is 1. The molecule has 0 bridgehead atoms. The summed E-state index contributed by atoms with van der Waals surface area (Å²) in [4.78, 5) is 40.7. The van der Waals surface area contributed by atoms with E-state index in [1.807, 2.05) is 6.92 Å². The number of aliphatic hydroxyl groups is 2. The number of hydrogen-bond acceptors (Lipinski definition) is 10. The number of amides is 1. The molecule has 1 amide bonds. The standard InChI is InChI=1S/C20H32N4O8/c1-5-6-9-30-19(28)23-14(11(2)3)16(26)32-15-12(10-25)31-17(20(15,4)29)24-8-7-13(21)22-18(24)27/h7-8,11-12,14-15,17,25,29H,5-6,9-10H2,1-4H3,(H,23,28)(H2,21,22,27). The van der Waals surface area contributed by atoms with Crippen molar-refractivity contribution in [2.24, 2.45) is 5.92 Å². The van der Waals surface area contributed by atoms with E-state index < -0.39 is 54.4 Å². The third-order valence-electron chi connectivity index (χ3n) is 5.17. The van der Waals surface area contributed by atoms with Crippen LogP contribution in [0, 0.1) is 5.92 Å². The maximum absolute atomic E-state index is 12.9. The first-order valence-electron chi connectivity index (χ1n) is 10.5. The number of aliphatic hydroxyl groups excluding tert-OH is 1. The van der Waals surface area contributed by atoms with Crippen molar-refractivity contribution >= 4 is 17.9 Å². The Hall–Kier alpha value is -2.70. The van der Waals surface area contributed by atoms with Gasteiger partial charge in [0.1, 0.15) is 23.6 Å². The number of carbonyl (C=O) groups excluding carboxylic acids is 2. The summed E-state index contributed by atoms with van der Waals surface area (Å²) >= 11 is 0. The number of anilines is 1. The largest absolute Gasteiger partial charge is 0.455 e. The summed E-state index contributed by atoms with van der Waals surface area (Å²) < 4.78 is 17.1. The Morgan fingerprint density at radius 2 is 2.12 bits per heavy atom. The summed E-state index contributed by atoms with van der Waals surface area (Å²) in [5.74, 6) is -1.22. The highest BCUT2D eigenvalue weighted by molar-refractivity contribution is 5.81. The number of aromatic nitrogens is 2. The molecule has 1 fully saturated rings. The molecule has 32 heavy (non-hydrogen) atoms. The Morgan fingerprint density at radius 3 is 2.69 bits per heavy atom. The van der Waals surface area contributed by atoms with Gasteiger partial charge in [-0.2, -0.15) is 4.98 Å². The van der Waals surface area contributed by atoms with E-state index in [0.29, 0.717) is 6.42 Å². The molecule has 1 aromatic heterocycles. The quantitative estimate of drug-likeness (QED) is 0.291. The molecule has 5 unspecified atom stereocenters. The van der Waals surface area contributed by atoms with E-state index in [9.17, 15) is 24.6 Å². The highest BCUT2D eigenvalue weighted by atomic mass is 16.6. The Bertz CT molecular complexity index is 856. The van der Waals surface area contributed by atoms with Gasteiger partial charge >= 0.3 is 17.8 Å². The number of alkyl carbamates (subject to hydrolysis) is 1. The number of rotatable bonds is 9. The van der Waals surface area contributed by atoms with Crippen molar-refractivity contribution in [3.63, 3.8) is 0 Å². The molecule has 0 spiro atoms. The van der Waals surface area contributed by atoms with Gasteiger partial charge in [0.15, 0.2) is 12.3 Å². The zero-order valence-corrected chi connectivity index (χ0v) is 18.7. The molecule has 0 aromatic carbocycles. The van der Waals surface area contributed by atoms with Crippen LogP contribution in [0.15, 0.2) is 17.1 Å². The molecule has 1 aromatic rings. The summed E-state index contributed by atoms with van der Waals surface area (Å²) in [5, 5.41) is 23.3. The average molecular weight is 456 g/mol. The number of nitrogens with one attached hydrogen (secondary N) is 1. The maximum Gasteiger partial charge on any atom is 0.407 e. The molecule has 2 heterocycles. The van der Waals surface area contributed by atoms with Crippen LogP contribution in [0.25, 0.3) is 0 Å². The summed E-state index contributed by atoms with van der Waals surface area (Å²) in [6.07, 6.45) is -1.72. The predicted molar refractivity (Wildman–Crippen MR) is 112 cm³/mol. The molecule has 1 aliphatic rings. The van der Waals surface area contributed by atoms with Crippen LogP contribution in [0.5, 0.6) is 0 Å². The molecule has 12 nitrogen and oxygen atoms in total. The van der Waals surface area contributed by atoms with Crippen molar-refractivity contribution in [2.75, 3.05) is 18.9 Å². The third kappa shape index (κ3) is 5.75. The summed E-state index contributed by atoms with van der Waals surface area (Å²) in [6, 6.07) is 0.274. The smallest absolute Gasteiger partial charge is 0.407 e. The maximum atomic E-state index is 12.9. The molecule has 0 aliphatic carbocycles. The van der Waals surface area contributed by atoms with Gasteiger partial charge in [-0.25, -0.2) is 14.4 Å². The van der Waals surface area contributed by atoms with E-state index in [0.717, 1.165) is 11.0 Å². The van der Waals surface area contributed by atoms with Gasteiger partial charge in [-0.05, 0) is 25.3 Å². The van der Waals surface area contributed by atoms with Crippen molar-refractivity contribution in [1.82, 2.24) is 14.9 Å². The van der Waals surface area contributed by atoms with Gasteiger partial charge in [0.05, 0.1) is 13.2 Å². The molecule has 5 N–H and O–H groups in total. The zero-order valence-electron chi connectivity index (χ0n) is 18.7. The van der Waals surface area contributed by atoms with Gasteiger partial charge in [-0.1, -0.05) is 27.2 Å². The molecular formula is C20H32N4O8. The molecule has 180 valence electrons. The average Bonchev–Trinajstić information content (AvgIpc) is 2.96. The second kappa shape index (κ2) is 10.7. The number of unbranched alkanes of at least 4 members (excludes halogenated alkanes) is 1. The molecule has 2 rings (SSSR count). The predicted octanol–water partition coefficient (Wildman–Crippen LogP) is -0.0711. The van der Waals surface area contributed by atoms with Gasteiger partial charge in [0.2, 0.25) is 0 Å². The minimum absolute atomic E-state index is 0.0118. The van der Waals surface area contributed by atoms with Gasteiger partial charge in [-0.3, -0.25) is 4.57 Å². The molecule has 0 saturated carbocycles. The van der Waals surface area contributed by atoms with E-state index in [2.05, 4.69) is 10.3 Å². The second-order valence-corrected chi connectivity index (χ2v) is 8.19. The van der Waals surface area contributed by atoms with Gasteiger partial charge in [0.25, 0.3) is 0 Å². The molecule has 0 radical (unpaired) electrons. The van der Waals surface area contributed by atoms with Crippen molar-refractivity contribution in [1.29, 1.82) is 0 Å². The van der Waals surface area contributed by atoms with Crippen LogP contribution in [-0.2, 0) is 19.0 Å². The number of ether oxygens (including phenoxy) is 3. The Balaban J connectivity index is 2.20. The second-order valence-electron chi connectivity index (χ2n) is 8.19. The lowest BCUT2D eigenvalue weighted by Crippen LogP contribution is -2.52. The summed E-state index contributed by atoms with van der Waals surface area (Å²) in [5.41, 5.74) is 2.81. The lowest BCUT2D eigenvalue weighted by Gasteiger charge is -2.31. The van der Waals surface area contributed by atoms with Gasteiger partial charge in [0, 0.05) is 6.20 Å². The van der Waals surface area contributed by atoms with Crippen LogP contribution >= 0.6 is 0 Å². The van der Waals surface area contributed by atoms with Crippen LogP contribution in [-0.4, -0.2) is 68.9 Å². The number of nitrogens with zero attached hydrogens (tertiary/aromatic N) is 2. The van der Waals surface area contributed by atoms with Crippen molar-refractivity contribution in [3.05, 3.63) is 22.7 Å². The first kappa shape index (κ1) is 25.6. The SMILES string of the molecule is CCCCOC(=O)NC(C(=O)OC1C(CO)OC(n2ccc(N)nc2=O)C1(C)O)C(C)C. The van der Waals surface area contributed by atoms with Crippen LogP contribution in [0.1, 0.15) is 46.8 Å². The number of carbonyl (C=O) groups is 2. The van der Waals surface area contributed by atoms with Gasteiger partial charge < -0.3 is 35.5 Å². The lowest BCUT2D eigenvalue weighted by molar-refractivity contribution is -0.167. The number of nitrogens with two attached hydrogens (primary N) is 1. The molecule has 12 heteroatoms. The minimum Gasteiger partial charge on any atom is -0.455 e. The fraction of sp³-hybridized carbons (Fsp3) is 0.700.